The molecule has 42 heavy (non-hydrogen) atoms. The summed E-state index contributed by atoms with van der Waals surface area (Å²) in [6.07, 6.45) is 3.01. The second kappa shape index (κ2) is 14.8. The van der Waals surface area contributed by atoms with Crippen LogP contribution in [0.4, 0.5) is 15.8 Å². The molecular formula is C34H42FN3O4. The minimum Gasteiger partial charge on any atom is -0.493 e. The van der Waals surface area contributed by atoms with Gasteiger partial charge >= 0.3 is 0 Å². The molecule has 224 valence electrons. The number of nitrogens with zero attached hydrogens (tertiary/aromatic N) is 2. The zero-order valence-electron chi connectivity index (χ0n) is 25.2. The number of likely N-dealkylation sites (tertiary alicyclic amines) is 1. The van der Waals surface area contributed by atoms with Crippen LogP contribution in [0.5, 0.6) is 23.0 Å². The first-order chi connectivity index (χ1) is 20.4. The van der Waals surface area contributed by atoms with Gasteiger partial charge in [-0.1, -0.05) is 39.8 Å². The highest BCUT2D eigenvalue weighted by molar-refractivity contribution is 5.88. The van der Waals surface area contributed by atoms with Crippen LogP contribution in [-0.2, 0) is 0 Å². The molecule has 0 amide bonds. The number of nitrogens with one attached hydrogen (secondary N) is 1. The van der Waals surface area contributed by atoms with Crippen LogP contribution in [0.15, 0.2) is 66.9 Å². The van der Waals surface area contributed by atoms with E-state index in [-0.39, 0.29) is 11.9 Å². The van der Waals surface area contributed by atoms with Crippen molar-refractivity contribution in [2.75, 3.05) is 38.7 Å². The topological polar surface area (TPSA) is 76.1 Å². The summed E-state index contributed by atoms with van der Waals surface area (Å²) in [5.41, 5.74) is 3.42. The Bertz CT molecular complexity index is 1440. The summed E-state index contributed by atoms with van der Waals surface area (Å²) in [6, 6.07) is 18.3. The molecule has 0 aliphatic carbocycles. The van der Waals surface area contributed by atoms with E-state index in [9.17, 15) is 5.11 Å². The third-order valence-electron chi connectivity index (χ3n) is 7.23. The van der Waals surface area contributed by atoms with Gasteiger partial charge < -0.3 is 24.6 Å². The number of aromatic nitrogens is 1. The molecule has 4 aromatic rings. The Morgan fingerprint density at radius 1 is 0.929 bits per heavy atom. The van der Waals surface area contributed by atoms with E-state index in [4.69, 9.17) is 14.2 Å². The highest BCUT2D eigenvalue weighted by Gasteiger charge is 2.18. The third-order valence-corrected chi connectivity index (χ3v) is 7.23. The first-order valence-corrected chi connectivity index (χ1v) is 14.7. The first kappa shape index (κ1) is 31.1. The van der Waals surface area contributed by atoms with Crippen LogP contribution in [-0.4, -0.2) is 54.4 Å². The lowest BCUT2D eigenvalue weighted by Gasteiger charge is -2.29. The number of benzene rings is 3. The number of anilines is 2. The summed E-state index contributed by atoms with van der Waals surface area (Å²) >= 11 is 0. The van der Waals surface area contributed by atoms with Crippen molar-refractivity contribution < 1.29 is 23.7 Å². The van der Waals surface area contributed by atoms with Gasteiger partial charge in [0.2, 0.25) is 0 Å². The first-order valence-electron chi connectivity index (χ1n) is 14.7. The number of fused-ring (bicyclic) bond motifs is 1. The van der Waals surface area contributed by atoms with E-state index in [1.807, 2.05) is 32.0 Å². The molecule has 1 aromatic heterocycles. The normalized spacial score (nSPS) is 13.9. The summed E-state index contributed by atoms with van der Waals surface area (Å²) in [5, 5.41) is 13.6. The molecule has 0 unspecified atom stereocenters. The van der Waals surface area contributed by atoms with Crippen LogP contribution in [0.1, 0.15) is 52.0 Å². The predicted octanol–water partition coefficient (Wildman–Crippen LogP) is 7.90. The molecule has 2 heterocycles. The lowest BCUT2D eigenvalue weighted by atomic mass is 10.0. The number of aliphatic hydroxyl groups is 1. The second-order valence-corrected chi connectivity index (χ2v) is 10.4. The SMILES string of the molecule is CC.COc1cc2c(Oc3ccc(Nc4ccc(C(C)C)cc4)cc3F)ccnc2cc1OCCN1CCC(O)CC1. The zero-order valence-corrected chi connectivity index (χ0v) is 25.2. The van der Waals surface area contributed by atoms with Crippen molar-refractivity contribution in [3.63, 3.8) is 0 Å². The van der Waals surface area contributed by atoms with Gasteiger partial charge in [0.1, 0.15) is 12.4 Å². The molecule has 0 saturated carbocycles. The van der Waals surface area contributed by atoms with Crippen LogP contribution in [0.3, 0.4) is 0 Å². The Morgan fingerprint density at radius 3 is 2.31 bits per heavy atom. The summed E-state index contributed by atoms with van der Waals surface area (Å²) in [6.45, 7) is 11.3. The fraction of sp³-hybridized carbons (Fsp3) is 0.382. The van der Waals surface area contributed by atoms with Crippen molar-refractivity contribution in [1.82, 2.24) is 9.88 Å². The van der Waals surface area contributed by atoms with Crippen LogP contribution in [0, 0.1) is 5.82 Å². The zero-order chi connectivity index (χ0) is 30.1. The minimum atomic E-state index is -0.481. The maximum Gasteiger partial charge on any atom is 0.167 e. The van der Waals surface area contributed by atoms with Crippen molar-refractivity contribution in [3.8, 4) is 23.0 Å². The van der Waals surface area contributed by atoms with Gasteiger partial charge in [-0.25, -0.2) is 4.39 Å². The fourth-order valence-electron chi connectivity index (χ4n) is 4.82. The summed E-state index contributed by atoms with van der Waals surface area (Å²) in [4.78, 5) is 6.75. The summed E-state index contributed by atoms with van der Waals surface area (Å²) in [5.74, 6) is 1.67. The van der Waals surface area contributed by atoms with Crippen LogP contribution < -0.4 is 19.5 Å². The maximum absolute atomic E-state index is 15.1. The molecule has 1 aliphatic rings. The average Bonchev–Trinajstić information content (AvgIpc) is 3.00. The monoisotopic (exact) mass is 575 g/mol. The smallest absolute Gasteiger partial charge is 0.167 e. The Hall–Kier alpha value is -3.88. The quantitative estimate of drug-likeness (QED) is 0.199. The number of halogens is 1. The Balaban J connectivity index is 0.00000198. The molecular weight excluding hydrogens is 533 g/mol. The van der Waals surface area contributed by atoms with Crippen LogP contribution in [0.2, 0.25) is 0 Å². The molecule has 8 heteroatoms. The number of aliphatic hydroxyl groups excluding tert-OH is 1. The van der Waals surface area contributed by atoms with Gasteiger partial charge in [0.25, 0.3) is 0 Å². The molecule has 0 bridgehead atoms. The standard InChI is InChI=1S/C32H36FN3O4.C2H6/c1-21(2)22-4-6-23(7-5-22)35-24-8-9-30(27(33)18-24)40-29-10-13-34-28-20-32(31(38-3)19-26(28)29)39-17-16-36-14-11-25(37)12-15-36;1-2/h4-10,13,18-21,25,35,37H,11-12,14-17H2,1-3H3;1-2H3. The Morgan fingerprint density at radius 2 is 1.64 bits per heavy atom. The largest absolute Gasteiger partial charge is 0.493 e. The fourth-order valence-corrected chi connectivity index (χ4v) is 4.82. The van der Waals surface area contributed by atoms with Gasteiger partial charge in [-0.15, -0.1) is 0 Å². The molecule has 0 atom stereocenters. The number of pyridine rings is 1. The lowest BCUT2D eigenvalue weighted by Crippen LogP contribution is -2.38. The van der Waals surface area contributed by atoms with Gasteiger partial charge in [0.05, 0.1) is 18.7 Å². The van der Waals surface area contributed by atoms with Crippen molar-refractivity contribution in [1.29, 1.82) is 0 Å². The van der Waals surface area contributed by atoms with E-state index < -0.39 is 5.82 Å². The molecule has 5 rings (SSSR count). The predicted molar refractivity (Wildman–Crippen MR) is 167 cm³/mol. The van der Waals surface area contributed by atoms with Gasteiger partial charge in [0.15, 0.2) is 23.1 Å². The molecule has 0 radical (unpaired) electrons. The number of hydrogen-bond donors (Lipinski definition) is 2. The van der Waals surface area contributed by atoms with Gasteiger partial charge in [-0.05, 0) is 60.7 Å². The number of ether oxygens (including phenoxy) is 3. The Labute approximate surface area is 248 Å². The number of rotatable bonds is 10. The van der Waals surface area contributed by atoms with Gasteiger partial charge in [-0.2, -0.15) is 0 Å². The van der Waals surface area contributed by atoms with E-state index >= 15 is 4.39 Å². The van der Waals surface area contributed by atoms with Gasteiger partial charge in [-0.3, -0.25) is 9.88 Å². The van der Waals surface area contributed by atoms with E-state index in [1.165, 1.54) is 11.6 Å². The minimum absolute atomic E-state index is 0.110. The van der Waals surface area contributed by atoms with E-state index in [0.717, 1.165) is 38.2 Å². The molecule has 2 N–H and O–H groups in total. The molecule has 1 aliphatic heterocycles. The Kier molecular flexibility index (Phi) is 11.0. The third kappa shape index (κ3) is 7.89. The highest BCUT2D eigenvalue weighted by Crippen LogP contribution is 2.38. The highest BCUT2D eigenvalue weighted by atomic mass is 19.1. The van der Waals surface area contributed by atoms with Crippen LogP contribution in [0.25, 0.3) is 10.9 Å². The summed E-state index contributed by atoms with van der Waals surface area (Å²) < 4.78 is 32.7. The van der Waals surface area contributed by atoms with Crippen molar-refractivity contribution in [2.45, 2.75) is 52.6 Å². The van der Waals surface area contributed by atoms with Crippen molar-refractivity contribution in [3.05, 3.63) is 78.2 Å². The molecule has 1 fully saturated rings. The number of methoxy groups -OCH3 is 1. The maximum atomic E-state index is 15.1. The second-order valence-electron chi connectivity index (χ2n) is 10.4. The number of piperidine rings is 1. The molecule has 3 aromatic carbocycles. The van der Waals surface area contributed by atoms with E-state index in [0.29, 0.717) is 46.4 Å². The average molecular weight is 576 g/mol. The molecule has 1 saturated heterocycles. The van der Waals surface area contributed by atoms with Crippen LogP contribution >= 0.6 is 0 Å². The van der Waals surface area contributed by atoms with E-state index in [2.05, 4.69) is 41.2 Å². The summed E-state index contributed by atoms with van der Waals surface area (Å²) in [7, 11) is 1.58. The lowest BCUT2D eigenvalue weighted by molar-refractivity contribution is 0.0753. The van der Waals surface area contributed by atoms with Crippen molar-refractivity contribution >= 4 is 22.3 Å². The van der Waals surface area contributed by atoms with Crippen molar-refractivity contribution in [2.24, 2.45) is 0 Å². The van der Waals surface area contributed by atoms with Gasteiger partial charge in [0, 0.05) is 54.7 Å². The number of hydrogen-bond acceptors (Lipinski definition) is 7. The molecule has 7 nitrogen and oxygen atoms in total. The van der Waals surface area contributed by atoms with E-state index in [1.54, 1.807) is 37.6 Å². The molecule has 0 spiro atoms.